The number of hydrogen-bond donors (Lipinski definition) is 3. The first kappa shape index (κ1) is 9.92. The molecule has 5 heteroatoms. The van der Waals surface area contributed by atoms with E-state index >= 15 is 0 Å². The number of aromatic nitrogens is 1. The van der Waals surface area contributed by atoms with Gasteiger partial charge in [0, 0.05) is 24.5 Å². The van der Waals surface area contributed by atoms with Gasteiger partial charge in [-0.05, 0) is 12.8 Å². The van der Waals surface area contributed by atoms with Crippen LogP contribution in [0.25, 0.3) is 0 Å². The lowest BCUT2D eigenvalue weighted by Gasteiger charge is -2.31. The lowest BCUT2D eigenvalue weighted by molar-refractivity contribution is 0.0562. The molecule has 1 amide bonds. The number of rotatable bonds is 2. The number of carbonyl (C=O) groups excluding carboxylic acids is 1. The van der Waals surface area contributed by atoms with E-state index in [0.717, 1.165) is 0 Å². The number of amides is 1. The normalized spacial score (nSPS) is 24.3. The number of nitrogens with one attached hydrogen (secondary N) is 2. The fourth-order valence-electron chi connectivity index (χ4n) is 1.56. The molecule has 2 rings (SSSR count). The van der Waals surface area contributed by atoms with Crippen LogP contribution in [0.2, 0.25) is 0 Å². The number of H-pyrrole nitrogens is 1. The third-order valence-electron chi connectivity index (χ3n) is 2.52. The number of hydrogen-bond acceptors (Lipinski definition) is 3. The van der Waals surface area contributed by atoms with E-state index in [2.05, 4.69) is 10.3 Å². The molecule has 1 aliphatic carbocycles. The zero-order valence-corrected chi connectivity index (χ0v) is 8.06. The van der Waals surface area contributed by atoms with Crippen LogP contribution in [0.3, 0.4) is 0 Å². The molecule has 0 bridgehead atoms. The molecule has 0 atom stereocenters. The predicted molar refractivity (Wildman–Crippen MR) is 53.6 cm³/mol. The van der Waals surface area contributed by atoms with Crippen molar-refractivity contribution in [3.8, 4) is 0 Å². The van der Waals surface area contributed by atoms with Gasteiger partial charge in [0.2, 0.25) is 0 Å². The molecule has 1 fully saturated rings. The van der Waals surface area contributed by atoms with Crippen molar-refractivity contribution in [1.29, 1.82) is 0 Å². The summed E-state index contributed by atoms with van der Waals surface area (Å²) in [6.45, 7) is 0. The average Bonchev–Trinajstić information content (AvgIpc) is 2.16. The van der Waals surface area contributed by atoms with E-state index in [1.165, 1.54) is 18.5 Å². The van der Waals surface area contributed by atoms with E-state index in [1.807, 2.05) is 0 Å². The van der Waals surface area contributed by atoms with Crippen molar-refractivity contribution < 1.29 is 9.90 Å². The molecule has 1 saturated carbocycles. The third-order valence-corrected chi connectivity index (χ3v) is 2.52. The Hall–Kier alpha value is -1.62. The minimum absolute atomic E-state index is 0.00731. The zero-order chi connectivity index (χ0) is 10.8. The standard InChI is InChI=1S/C10H12N2O3/c13-7-3-6(4-7)12-10(15)8-5-11-2-1-9(8)14/h1-2,5-7,13H,3-4H2,(H,11,14)(H,12,15). The fraction of sp³-hybridized carbons (Fsp3) is 0.400. The topological polar surface area (TPSA) is 82.2 Å². The largest absolute Gasteiger partial charge is 0.393 e. The van der Waals surface area contributed by atoms with Gasteiger partial charge in [0.15, 0.2) is 5.43 Å². The molecular formula is C10H12N2O3. The van der Waals surface area contributed by atoms with Crippen LogP contribution in [-0.4, -0.2) is 28.1 Å². The molecule has 15 heavy (non-hydrogen) atoms. The van der Waals surface area contributed by atoms with Crippen molar-refractivity contribution in [3.63, 3.8) is 0 Å². The minimum Gasteiger partial charge on any atom is -0.393 e. The Kier molecular flexibility index (Phi) is 2.55. The van der Waals surface area contributed by atoms with Gasteiger partial charge < -0.3 is 15.4 Å². The third kappa shape index (κ3) is 2.07. The van der Waals surface area contributed by atoms with E-state index in [-0.39, 0.29) is 29.0 Å². The molecule has 1 aromatic rings. The van der Waals surface area contributed by atoms with Crippen LogP contribution in [0.5, 0.6) is 0 Å². The highest BCUT2D eigenvalue weighted by molar-refractivity contribution is 5.93. The number of aliphatic hydroxyl groups excluding tert-OH is 1. The Bertz CT molecular complexity index is 421. The molecule has 5 nitrogen and oxygen atoms in total. The first-order chi connectivity index (χ1) is 7.16. The van der Waals surface area contributed by atoms with Crippen LogP contribution in [0.1, 0.15) is 23.2 Å². The molecule has 0 aromatic carbocycles. The monoisotopic (exact) mass is 208 g/mol. The first-order valence-electron chi connectivity index (χ1n) is 4.83. The highest BCUT2D eigenvalue weighted by atomic mass is 16.3. The molecular weight excluding hydrogens is 196 g/mol. The Labute approximate surface area is 86.1 Å². The summed E-state index contributed by atoms with van der Waals surface area (Å²) < 4.78 is 0. The van der Waals surface area contributed by atoms with E-state index < -0.39 is 0 Å². The van der Waals surface area contributed by atoms with Gasteiger partial charge in [-0.25, -0.2) is 0 Å². The summed E-state index contributed by atoms with van der Waals surface area (Å²) >= 11 is 0. The average molecular weight is 208 g/mol. The van der Waals surface area contributed by atoms with E-state index in [0.29, 0.717) is 12.8 Å². The smallest absolute Gasteiger partial charge is 0.256 e. The van der Waals surface area contributed by atoms with Crippen LogP contribution in [0.15, 0.2) is 23.3 Å². The van der Waals surface area contributed by atoms with Crippen LogP contribution in [0.4, 0.5) is 0 Å². The number of pyridine rings is 1. The van der Waals surface area contributed by atoms with E-state index in [1.54, 1.807) is 0 Å². The number of aliphatic hydroxyl groups is 1. The Morgan fingerprint density at radius 3 is 2.87 bits per heavy atom. The molecule has 0 unspecified atom stereocenters. The molecule has 0 radical (unpaired) electrons. The molecule has 80 valence electrons. The minimum atomic E-state index is -0.381. The van der Waals surface area contributed by atoms with Crippen molar-refractivity contribution in [2.75, 3.05) is 0 Å². The summed E-state index contributed by atoms with van der Waals surface area (Å²) in [4.78, 5) is 25.5. The summed E-state index contributed by atoms with van der Waals surface area (Å²) in [5, 5.41) is 11.7. The predicted octanol–water partition coefficient (Wildman–Crippen LogP) is -0.372. The maximum Gasteiger partial charge on any atom is 0.256 e. The van der Waals surface area contributed by atoms with Gasteiger partial charge in [-0.2, -0.15) is 0 Å². The summed E-state index contributed by atoms with van der Waals surface area (Å²) in [6, 6.07) is 1.30. The molecule has 1 aliphatic rings. The van der Waals surface area contributed by atoms with Crippen molar-refractivity contribution in [2.24, 2.45) is 0 Å². The Morgan fingerprint density at radius 2 is 2.27 bits per heavy atom. The second-order valence-electron chi connectivity index (χ2n) is 3.72. The summed E-state index contributed by atoms with van der Waals surface area (Å²) in [7, 11) is 0. The van der Waals surface area contributed by atoms with Crippen LogP contribution in [-0.2, 0) is 0 Å². The van der Waals surface area contributed by atoms with E-state index in [9.17, 15) is 9.59 Å². The van der Waals surface area contributed by atoms with Gasteiger partial charge in [0.1, 0.15) is 5.56 Å². The van der Waals surface area contributed by atoms with Gasteiger partial charge in [0.05, 0.1) is 6.10 Å². The van der Waals surface area contributed by atoms with Crippen molar-refractivity contribution in [2.45, 2.75) is 25.0 Å². The Balaban J connectivity index is 2.03. The molecule has 3 N–H and O–H groups in total. The summed E-state index contributed by atoms with van der Waals surface area (Å²) in [5.41, 5.74) is -0.190. The second-order valence-corrected chi connectivity index (χ2v) is 3.72. The lowest BCUT2D eigenvalue weighted by atomic mass is 9.89. The summed E-state index contributed by atoms with van der Waals surface area (Å²) in [5.74, 6) is -0.381. The van der Waals surface area contributed by atoms with Gasteiger partial charge in [0.25, 0.3) is 5.91 Å². The van der Waals surface area contributed by atoms with Crippen molar-refractivity contribution in [1.82, 2.24) is 10.3 Å². The first-order valence-corrected chi connectivity index (χ1v) is 4.83. The van der Waals surface area contributed by atoms with Gasteiger partial charge in [-0.1, -0.05) is 0 Å². The zero-order valence-electron chi connectivity index (χ0n) is 8.06. The van der Waals surface area contributed by atoms with E-state index in [4.69, 9.17) is 5.11 Å². The fourth-order valence-corrected chi connectivity index (χ4v) is 1.56. The van der Waals surface area contributed by atoms with Crippen molar-refractivity contribution in [3.05, 3.63) is 34.2 Å². The lowest BCUT2D eigenvalue weighted by Crippen LogP contribution is -2.47. The van der Waals surface area contributed by atoms with Crippen molar-refractivity contribution >= 4 is 5.91 Å². The number of aromatic amines is 1. The van der Waals surface area contributed by atoms with Crippen LogP contribution < -0.4 is 10.7 Å². The van der Waals surface area contributed by atoms with Gasteiger partial charge in [-0.15, -0.1) is 0 Å². The Morgan fingerprint density at radius 1 is 1.53 bits per heavy atom. The molecule has 0 spiro atoms. The molecule has 0 saturated heterocycles. The quantitative estimate of drug-likeness (QED) is 0.620. The van der Waals surface area contributed by atoms with Crippen LogP contribution in [0, 0.1) is 0 Å². The van der Waals surface area contributed by atoms with Gasteiger partial charge in [-0.3, -0.25) is 9.59 Å². The highest BCUT2D eigenvalue weighted by Gasteiger charge is 2.28. The molecule has 1 aromatic heterocycles. The molecule has 1 heterocycles. The maximum absolute atomic E-state index is 11.6. The maximum atomic E-state index is 11.6. The summed E-state index contributed by atoms with van der Waals surface area (Å²) in [6.07, 6.45) is 3.68. The number of carbonyl (C=O) groups is 1. The SMILES string of the molecule is O=C(NC1CC(O)C1)c1c[nH]ccc1=O. The second kappa shape index (κ2) is 3.86. The highest BCUT2D eigenvalue weighted by Crippen LogP contribution is 2.19. The van der Waals surface area contributed by atoms with Crippen LogP contribution >= 0.6 is 0 Å². The van der Waals surface area contributed by atoms with Gasteiger partial charge >= 0.3 is 0 Å². The molecule has 0 aliphatic heterocycles.